The molecule has 0 fully saturated rings. The summed E-state index contributed by atoms with van der Waals surface area (Å²) >= 11 is 0. The van der Waals surface area contributed by atoms with Gasteiger partial charge in [0.25, 0.3) is 0 Å². The van der Waals surface area contributed by atoms with Crippen LogP contribution in [0.1, 0.15) is 17.7 Å². The van der Waals surface area contributed by atoms with Gasteiger partial charge in [-0.25, -0.2) is 0 Å². The quantitative estimate of drug-likeness (QED) is 0.736. The van der Waals surface area contributed by atoms with Crippen molar-refractivity contribution < 1.29 is 9.90 Å². The van der Waals surface area contributed by atoms with E-state index in [4.69, 9.17) is 5.11 Å². The summed E-state index contributed by atoms with van der Waals surface area (Å²) in [6, 6.07) is 3.78. The maximum Gasteiger partial charge on any atom is 0.303 e. The van der Waals surface area contributed by atoms with Gasteiger partial charge in [-0.05, 0) is 18.6 Å². The van der Waals surface area contributed by atoms with Crippen molar-refractivity contribution in [2.45, 2.75) is 19.8 Å². The van der Waals surface area contributed by atoms with E-state index in [0.29, 0.717) is 6.42 Å². The lowest BCUT2D eigenvalue weighted by atomic mass is 10.1. The van der Waals surface area contributed by atoms with E-state index in [1.54, 1.807) is 6.20 Å². The lowest BCUT2D eigenvalue weighted by Crippen LogP contribution is -2.00. The monoisotopic (exact) mass is 165 g/mol. The van der Waals surface area contributed by atoms with Crippen LogP contribution < -0.4 is 0 Å². The number of carbonyl (C=O) groups is 1. The third-order valence-electron chi connectivity index (χ3n) is 1.69. The van der Waals surface area contributed by atoms with Crippen LogP contribution in [-0.2, 0) is 11.2 Å². The van der Waals surface area contributed by atoms with Crippen molar-refractivity contribution in [3.63, 3.8) is 0 Å². The van der Waals surface area contributed by atoms with Crippen molar-refractivity contribution in [2.75, 3.05) is 0 Å². The van der Waals surface area contributed by atoms with E-state index in [-0.39, 0.29) is 6.42 Å². The molecule has 0 atom stereocenters. The van der Waals surface area contributed by atoms with Gasteiger partial charge in [-0.3, -0.25) is 9.78 Å². The highest BCUT2D eigenvalue weighted by Gasteiger charge is 2.01. The molecule has 0 aliphatic carbocycles. The maximum absolute atomic E-state index is 10.3. The second-order valence-corrected chi connectivity index (χ2v) is 2.66. The summed E-state index contributed by atoms with van der Waals surface area (Å²) in [7, 11) is 0. The van der Waals surface area contributed by atoms with Gasteiger partial charge in [0.2, 0.25) is 0 Å². The van der Waals surface area contributed by atoms with Crippen molar-refractivity contribution >= 4 is 5.97 Å². The molecule has 0 saturated carbocycles. The molecule has 0 bridgehead atoms. The molecule has 1 heterocycles. The molecule has 0 unspecified atom stereocenters. The first-order chi connectivity index (χ1) is 5.70. The van der Waals surface area contributed by atoms with Crippen LogP contribution in [0.15, 0.2) is 18.3 Å². The van der Waals surface area contributed by atoms with Crippen LogP contribution >= 0.6 is 0 Å². The van der Waals surface area contributed by atoms with Crippen LogP contribution in [0.5, 0.6) is 0 Å². The Morgan fingerprint density at radius 3 is 3.00 bits per heavy atom. The van der Waals surface area contributed by atoms with Gasteiger partial charge in [0, 0.05) is 18.3 Å². The second-order valence-electron chi connectivity index (χ2n) is 2.66. The molecule has 0 aliphatic rings. The highest BCUT2D eigenvalue weighted by Crippen LogP contribution is 2.05. The standard InChI is InChI=1S/C9H11NO2/c1-7-3-2-6-10-8(7)4-5-9(11)12/h2-3,6H,4-5H2,1H3,(H,11,12). The van der Waals surface area contributed by atoms with Gasteiger partial charge >= 0.3 is 5.97 Å². The van der Waals surface area contributed by atoms with Gasteiger partial charge in [0.15, 0.2) is 0 Å². The summed E-state index contributed by atoms with van der Waals surface area (Å²) in [5.41, 5.74) is 1.93. The largest absolute Gasteiger partial charge is 0.481 e. The molecule has 3 nitrogen and oxygen atoms in total. The number of aryl methyl sites for hydroxylation is 2. The fraction of sp³-hybridized carbons (Fsp3) is 0.333. The number of carboxylic acids is 1. The van der Waals surface area contributed by atoms with Crippen LogP contribution in [0.4, 0.5) is 0 Å². The number of nitrogens with zero attached hydrogens (tertiary/aromatic N) is 1. The lowest BCUT2D eigenvalue weighted by molar-refractivity contribution is -0.136. The molecule has 0 aliphatic heterocycles. The first kappa shape index (κ1) is 8.71. The van der Waals surface area contributed by atoms with Crippen molar-refractivity contribution in [3.05, 3.63) is 29.6 Å². The molecule has 0 saturated heterocycles. The SMILES string of the molecule is Cc1cccnc1CCC(=O)O. The smallest absolute Gasteiger partial charge is 0.303 e. The first-order valence-corrected chi connectivity index (χ1v) is 3.82. The van der Waals surface area contributed by atoms with E-state index in [1.807, 2.05) is 19.1 Å². The average Bonchev–Trinajstić information content (AvgIpc) is 2.03. The Kier molecular flexibility index (Phi) is 2.80. The van der Waals surface area contributed by atoms with Gasteiger partial charge in [-0.15, -0.1) is 0 Å². The van der Waals surface area contributed by atoms with Gasteiger partial charge in [-0.2, -0.15) is 0 Å². The fourth-order valence-corrected chi connectivity index (χ4v) is 1.01. The number of aromatic nitrogens is 1. The Bertz CT molecular complexity index is 284. The predicted molar refractivity (Wildman–Crippen MR) is 44.9 cm³/mol. The summed E-state index contributed by atoms with van der Waals surface area (Å²) in [4.78, 5) is 14.3. The summed E-state index contributed by atoms with van der Waals surface area (Å²) in [5, 5.41) is 8.44. The zero-order valence-electron chi connectivity index (χ0n) is 6.95. The number of hydrogen-bond donors (Lipinski definition) is 1. The summed E-state index contributed by atoms with van der Waals surface area (Å²) in [6.45, 7) is 1.93. The van der Waals surface area contributed by atoms with Crippen LogP contribution in [0, 0.1) is 6.92 Å². The fourth-order valence-electron chi connectivity index (χ4n) is 1.01. The summed E-state index contributed by atoms with van der Waals surface area (Å²) in [6.07, 6.45) is 2.35. The number of pyridine rings is 1. The van der Waals surface area contributed by atoms with Gasteiger partial charge in [-0.1, -0.05) is 6.07 Å². The molecule has 1 aromatic rings. The van der Waals surface area contributed by atoms with E-state index >= 15 is 0 Å². The molecule has 0 aromatic carbocycles. The van der Waals surface area contributed by atoms with Crippen molar-refractivity contribution in [1.29, 1.82) is 0 Å². The predicted octanol–water partition coefficient (Wildman–Crippen LogP) is 1.41. The van der Waals surface area contributed by atoms with E-state index in [1.165, 1.54) is 0 Å². The van der Waals surface area contributed by atoms with Crippen LogP contribution in [0.25, 0.3) is 0 Å². The van der Waals surface area contributed by atoms with E-state index in [9.17, 15) is 4.79 Å². The lowest BCUT2D eigenvalue weighted by Gasteiger charge is -2.00. The third-order valence-corrected chi connectivity index (χ3v) is 1.69. The molecular weight excluding hydrogens is 154 g/mol. The Morgan fingerprint density at radius 2 is 2.42 bits per heavy atom. The Hall–Kier alpha value is -1.38. The first-order valence-electron chi connectivity index (χ1n) is 3.82. The van der Waals surface area contributed by atoms with Gasteiger partial charge < -0.3 is 5.11 Å². The molecule has 1 rings (SSSR count). The highest BCUT2D eigenvalue weighted by atomic mass is 16.4. The number of hydrogen-bond acceptors (Lipinski definition) is 2. The molecular formula is C9H11NO2. The van der Waals surface area contributed by atoms with Gasteiger partial charge in [0.1, 0.15) is 0 Å². The van der Waals surface area contributed by atoms with Crippen LogP contribution in [-0.4, -0.2) is 16.1 Å². The van der Waals surface area contributed by atoms with Crippen LogP contribution in [0.2, 0.25) is 0 Å². The number of aliphatic carboxylic acids is 1. The normalized spacial score (nSPS) is 9.75. The molecule has 12 heavy (non-hydrogen) atoms. The average molecular weight is 165 g/mol. The van der Waals surface area contributed by atoms with Gasteiger partial charge in [0.05, 0.1) is 6.42 Å². The minimum Gasteiger partial charge on any atom is -0.481 e. The Labute approximate surface area is 71.1 Å². The van der Waals surface area contributed by atoms with E-state index < -0.39 is 5.97 Å². The maximum atomic E-state index is 10.3. The van der Waals surface area contributed by atoms with Crippen molar-refractivity contribution in [1.82, 2.24) is 4.98 Å². The summed E-state index contributed by atoms with van der Waals surface area (Å²) < 4.78 is 0. The third kappa shape index (κ3) is 2.34. The molecule has 64 valence electrons. The molecule has 1 N–H and O–H groups in total. The zero-order valence-corrected chi connectivity index (χ0v) is 6.95. The van der Waals surface area contributed by atoms with E-state index in [2.05, 4.69) is 4.98 Å². The zero-order chi connectivity index (χ0) is 8.97. The second kappa shape index (κ2) is 3.85. The van der Waals surface area contributed by atoms with Crippen molar-refractivity contribution in [3.8, 4) is 0 Å². The number of rotatable bonds is 3. The minimum absolute atomic E-state index is 0.151. The van der Waals surface area contributed by atoms with E-state index in [0.717, 1.165) is 11.3 Å². The number of carboxylic acid groups (broad SMARTS) is 1. The van der Waals surface area contributed by atoms with Crippen LogP contribution in [0.3, 0.4) is 0 Å². The highest BCUT2D eigenvalue weighted by molar-refractivity contribution is 5.67. The van der Waals surface area contributed by atoms with Crippen molar-refractivity contribution in [2.24, 2.45) is 0 Å². The molecule has 0 amide bonds. The topological polar surface area (TPSA) is 50.2 Å². The molecule has 0 radical (unpaired) electrons. The minimum atomic E-state index is -0.778. The Morgan fingerprint density at radius 1 is 1.67 bits per heavy atom. The Balaban J connectivity index is 2.63. The molecule has 3 heteroatoms. The molecule has 1 aromatic heterocycles. The molecule has 0 spiro atoms. The summed E-state index contributed by atoms with van der Waals surface area (Å²) in [5.74, 6) is -0.778.